The molecule has 0 radical (unpaired) electrons. The second-order valence-electron chi connectivity index (χ2n) is 5.97. The predicted octanol–water partition coefficient (Wildman–Crippen LogP) is 1.96. The van der Waals surface area contributed by atoms with E-state index in [2.05, 4.69) is 10.3 Å². The van der Waals surface area contributed by atoms with Gasteiger partial charge in [0.05, 0.1) is 23.8 Å². The number of carboxylic acid groups (broad SMARTS) is 1. The minimum atomic E-state index is -0.796. The van der Waals surface area contributed by atoms with Gasteiger partial charge >= 0.3 is 5.97 Å². The van der Waals surface area contributed by atoms with Gasteiger partial charge in [0.1, 0.15) is 0 Å². The van der Waals surface area contributed by atoms with Crippen molar-refractivity contribution >= 4 is 5.97 Å². The first-order valence-electron chi connectivity index (χ1n) is 7.43. The van der Waals surface area contributed by atoms with E-state index in [9.17, 15) is 4.79 Å². The summed E-state index contributed by atoms with van der Waals surface area (Å²) in [5.74, 6) is -0.796. The maximum absolute atomic E-state index is 10.6. The Kier molecular flexibility index (Phi) is 3.74. The molecule has 1 aromatic heterocycles. The zero-order valence-corrected chi connectivity index (χ0v) is 11.6. The minimum Gasteiger partial charge on any atom is -0.481 e. The van der Waals surface area contributed by atoms with Crippen LogP contribution in [0.1, 0.15) is 56.7 Å². The van der Waals surface area contributed by atoms with E-state index in [0.717, 1.165) is 38.0 Å². The highest BCUT2D eigenvalue weighted by Gasteiger charge is 2.40. The number of ether oxygens (including phenoxy) is 1. The fourth-order valence-electron chi connectivity index (χ4n) is 3.44. The van der Waals surface area contributed by atoms with Crippen molar-refractivity contribution in [2.75, 3.05) is 6.61 Å². The van der Waals surface area contributed by atoms with Crippen LogP contribution in [0.25, 0.3) is 0 Å². The van der Waals surface area contributed by atoms with E-state index in [-0.39, 0.29) is 12.0 Å². The summed E-state index contributed by atoms with van der Waals surface area (Å²) in [5.41, 5.74) is 0.829. The molecule has 1 aliphatic carbocycles. The maximum Gasteiger partial charge on any atom is 0.303 e. The Labute approximate surface area is 118 Å². The lowest BCUT2D eigenvalue weighted by molar-refractivity contribution is -0.136. The van der Waals surface area contributed by atoms with Crippen LogP contribution in [0.3, 0.4) is 0 Å². The Morgan fingerprint density at radius 3 is 3.05 bits per heavy atom. The molecule has 2 heterocycles. The number of aromatic nitrogens is 3. The minimum absolute atomic E-state index is 0.0656. The van der Waals surface area contributed by atoms with Gasteiger partial charge in [-0.05, 0) is 25.7 Å². The first-order chi connectivity index (χ1) is 9.67. The van der Waals surface area contributed by atoms with Gasteiger partial charge in [-0.1, -0.05) is 18.1 Å². The highest BCUT2D eigenvalue weighted by Crippen LogP contribution is 2.43. The average Bonchev–Trinajstić information content (AvgIpc) is 3.06. The largest absolute Gasteiger partial charge is 0.481 e. The van der Waals surface area contributed by atoms with E-state index < -0.39 is 5.97 Å². The predicted molar refractivity (Wildman–Crippen MR) is 71.4 cm³/mol. The van der Waals surface area contributed by atoms with Gasteiger partial charge in [-0.25, -0.2) is 4.68 Å². The first kappa shape index (κ1) is 13.5. The van der Waals surface area contributed by atoms with Crippen LogP contribution in [0, 0.1) is 0 Å². The van der Waals surface area contributed by atoms with Gasteiger partial charge in [0, 0.05) is 19.2 Å². The molecule has 2 fully saturated rings. The summed E-state index contributed by atoms with van der Waals surface area (Å²) in [4.78, 5) is 10.6. The molecule has 0 amide bonds. The Balaban J connectivity index is 1.65. The second-order valence-corrected chi connectivity index (χ2v) is 5.97. The third-order valence-corrected chi connectivity index (χ3v) is 4.51. The monoisotopic (exact) mass is 279 g/mol. The third-order valence-electron chi connectivity index (χ3n) is 4.51. The second kappa shape index (κ2) is 5.52. The lowest BCUT2D eigenvalue weighted by Gasteiger charge is -2.38. The topological polar surface area (TPSA) is 77.2 Å². The van der Waals surface area contributed by atoms with E-state index in [1.165, 1.54) is 12.8 Å². The van der Waals surface area contributed by atoms with Gasteiger partial charge in [0.2, 0.25) is 0 Å². The molecule has 20 heavy (non-hydrogen) atoms. The van der Waals surface area contributed by atoms with Crippen molar-refractivity contribution < 1.29 is 14.6 Å². The fourth-order valence-corrected chi connectivity index (χ4v) is 3.44. The van der Waals surface area contributed by atoms with Gasteiger partial charge in [-0.15, -0.1) is 5.10 Å². The Hall–Kier alpha value is -1.43. The van der Waals surface area contributed by atoms with E-state index in [1.54, 1.807) is 0 Å². The zero-order chi connectivity index (χ0) is 14.0. The molecule has 1 N–H and O–H groups in total. The van der Waals surface area contributed by atoms with Crippen LogP contribution in [0.4, 0.5) is 0 Å². The van der Waals surface area contributed by atoms with Gasteiger partial charge in [0.15, 0.2) is 0 Å². The molecule has 3 rings (SSSR count). The van der Waals surface area contributed by atoms with Crippen molar-refractivity contribution in [2.24, 2.45) is 0 Å². The molecule has 1 unspecified atom stereocenters. The summed E-state index contributed by atoms with van der Waals surface area (Å²) in [7, 11) is 0. The molecule has 0 bridgehead atoms. The van der Waals surface area contributed by atoms with E-state index >= 15 is 0 Å². The summed E-state index contributed by atoms with van der Waals surface area (Å²) in [6.07, 6.45) is 9.26. The van der Waals surface area contributed by atoms with Gasteiger partial charge in [-0.3, -0.25) is 4.79 Å². The SMILES string of the molecule is O=C(O)CCc1cn(C2CCOC3(CCCC3)C2)nn1. The van der Waals surface area contributed by atoms with E-state index in [1.807, 2.05) is 10.9 Å². The van der Waals surface area contributed by atoms with Crippen molar-refractivity contribution in [1.82, 2.24) is 15.0 Å². The standard InChI is InChI=1S/C14H21N3O3/c18-13(19)4-3-11-10-17(16-15-11)12-5-8-20-14(9-12)6-1-2-7-14/h10,12H,1-9H2,(H,18,19). The third kappa shape index (κ3) is 2.85. The summed E-state index contributed by atoms with van der Waals surface area (Å²) in [5, 5.41) is 17.0. The van der Waals surface area contributed by atoms with Crippen LogP contribution in [0.15, 0.2) is 6.20 Å². The van der Waals surface area contributed by atoms with Crippen molar-refractivity contribution in [1.29, 1.82) is 0 Å². The highest BCUT2D eigenvalue weighted by atomic mass is 16.5. The number of carbonyl (C=O) groups is 1. The molecule has 0 aromatic carbocycles. The average molecular weight is 279 g/mol. The van der Waals surface area contributed by atoms with E-state index in [0.29, 0.717) is 12.5 Å². The summed E-state index contributed by atoms with van der Waals surface area (Å²) < 4.78 is 7.94. The van der Waals surface area contributed by atoms with Crippen molar-refractivity contribution in [3.05, 3.63) is 11.9 Å². The van der Waals surface area contributed by atoms with Crippen molar-refractivity contribution in [3.8, 4) is 0 Å². The quantitative estimate of drug-likeness (QED) is 0.911. The van der Waals surface area contributed by atoms with Crippen LogP contribution in [0.2, 0.25) is 0 Å². The Morgan fingerprint density at radius 1 is 1.50 bits per heavy atom. The Bertz CT molecular complexity index is 480. The van der Waals surface area contributed by atoms with Crippen LogP contribution < -0.4 is 0 Å². The summed E-state index contributed by atoms with van der Waals surface area (Å²) in [6.45, 7) is 0.787. The summed E-state index contributed by atoms with van der Waals surface area (Å²) >= 11 is 0. The molecule has 1 spiro atoms. The fraction of sp³-hybridized carbons (Fsp3) is 0.786. The van der Waals surface area contributed by atoms with Crippen LogP contribution >= 0.6 is 0 Å². The molecular weight excluding hydrogens is 258 g/mol. The van der Waals surface area contributed by atoms with Crippen LogP contribution in [-0.2, 0) is 16.0 Å². The number of nitrogens with zero attached hydrogens (tertiary/aromatic N) is 3. The number of hydrogen-bond acceptors (Lipinski definition) is 4. The Morgan fingerprint density at radius 2 is 2.30 bits per heavy atom. The molecule has 1 atom stereocenters. The first-order valence-corrected chi connectivity index (χ1v) is 7.43. The molecule has 2 aliphatic rings. The van der Waals surface area contributed by atoms with Gasteiger partial charge in [-0.2, -0.15) is 0 Å². The molecule has 1 aromatic rings. The lowest BCUT2D eigenvalue weighted by Crippen LogP contribution is -2.38. The number of rotatable bonds is 4. The molecule has 110 valence electrons. The van der Waals surface area contributed by atoms with Gasteiger partial charge < -0.3 is 9.84 Å². The lowest BCUT2D eigenvalue weighted by atomic mass is 9.89. The highest BCUT2D eigenvalue weighted by molar-refractivity contribution is 5.66. The number of carboxylic acids is 1. The normalized spacial score (nSPS) is 25.1. The molecule has 6 heteroatoms. The van der Waals surface area contributed by atoms with Gasteiger partial charge in [0.25, 0.3) is 0 Å². The number of aryl methyl sites for hydroxylation is 1. The number of hydrogen-bond donors (Lipinski definition) is 1. The van der Waals surface area contributed by atoms with Crippen molar-refractivity contribution in [3.63, 3.8) is 0 Å². The van der Waals surface area contributed by atoms with Crippen molar-refractivity contribution in [2.45, 2.75) is 63.0 Å². The van der Waals surface area contributed by atoms with Crippen LogP contribution in [0.5, 0.6) is 0 Å². The molecule has 1 saturated carbocycles. The molecule has 6 nitrogen and oxygen atoms in total. The smallest absolute Gasteiger partial charge is 0.303 e. The zero-order valence-electron chi connectivity index (χ0n) is 11.6. The van der Waals surface area contributed by atoms with Crippen LogP contribution in [-0.4, -0.2) is 38.3 Å². The maximum atomic E-state index is 10.6. The summed E-state index contributed by atoms with van der Waals surface area (Å²) in [6, 6.07) is 0.341. The number of aliphatic carboxylic acids is 1. The molecule has 1 aliphatic heterocycles. The molecular formula is C14H21N3O3. The molecule has 1 saturated heterocycles. The van der Waals surface area contributed by atoms with E-state index in [4.69, 9.17) is 9.84 Å².